The molecule has 0 aliphatic rings. The second kappa shape index (κ2) is 9.66. The van der Waals surface area contributed by atoms with Crippen molar-refractivity contribution in [2.75, 3.05) is 0 Å². The number of nitrogens with zero attached hydrogens (tertiary/aromatic N) is 3. The van der Waals surface area contributed by atoms with Gasteiger partial charge in [0.2, 0.25) is 5.62 Å². The van der Waals surface area contributed by atoms with E-state index in [9.17, 15) is 31.4 Å². The van der Waals surface area contributed by atoms with Crippen LogP contribution in [0, 0.1) is 0 Å². The van der Waals surface area contributed by atoms with E-state index in [-0.39, 0.29) is 34.4 Å². The Morgan fingerprint density at radius 1 is 0.917 bits per heavy atom. The lowest BCUT2D eigenvalue weighted by molar-refractivity contribution is -0.274. The van der Waals surface area contributed by atoms with Crippen LogP contribution in [-0.2, 0) is 26.4 Å². The third-order valence-corrected chi connectivity index (χ3v) is 5.99. The minimum atomic E-state index is -4.84. The smallest absolute Gasteiger partial charge is 0.406 e. The lowest BCUT2D eigenvalue weighted by Gasteiger charge is -2.10. The first kappa shape index (κ1) is 25.8. The molecule has 0 fully saturated rings. The van der Waals surface area contributed by atoms with Crippen molar-refractivity contribution >= 4 is 32.7 Å². The molecule has 0 aliphatic heterocycles. The second-order valence-electron chi connectivity index (χ2n) is 7.90. The van der Waals surface area contributed by atoms with E-state index in [0.717, 1.165) is 29.8 Å². The van der Waals surface area contributed by atoms with Crippen LogP contribution in [0.3, 0.4) is 0 Å². The Morgan fingerprint density at radius 2 is 1.53 bits per heavy atom. The summed E-state index contributed by atoms with van der Waals surface area (Å²) in [5.41, 5.74) is 1.80. The molecule has 3 aromatic carbocycles. The number of hydrogen-bond donors (Lipinski definition) is 1. The van der Waals surface area contributed by atoms with Gasteiger partial charge in [0.05, 0.1) is 35.4 Å². The van der Waals surface area contributed by atoms with Crippen LogP contribution in [-0.4, -0.2) is 20.6 Å². The highest BCUT2D eigenvalue weighted by Gasteiger charge is 2.32. The zero-order chi connectivity index (χ0) is 26.3. The van der Waals surface area contributed by atoms with Gasteiger partial charge in [-0.1, -0.05) is 24.3 Å². The van der Waals surface area contributed by atoms with Crippen molar-refractivity contribution in [1.29, 1.82) is 0 Å². The molecule has 4 rings (SSSR count). The van der Waals surface area contributed by atoms with Gasteiger partial charge < -0.3 is 19.0 Å². The molecule has 12 heteroatoms. The van der Waals surface area contributed by atoms with E-state index in [1.807, 2.05) is 0 Å². The largest absolute Gasteiger partial charge is 0.573 e. The number of aliphatic hydroxyl groups excluding tert-OH is 1. The molecule has 4 aromatic rings. The van der Waals surface area contributed by atoms with Gasteiger partial charge in [-0.2, -0.15) is 13.2 Å². The van der Waals surface area contributed by atoms with E-state index in [1.165, 1.54) is 12.1 Å². The minimum absolute atomic E-state index is 0.144. The summed E-state index contributed by atoms with van der Waals surface area (Å²) in [7, 11) is 1.63. The molecule has 1 N–H and O–H groups in total. The maximum absolute atomic E-state index is 13.6. The monoisotopic (exact) mass is 573 g/mol. The van der Waals surface area contributed by atoms with Crippen LogP contribution in [0.5, 0.6) is 5.75 Å². The van der Waals surface area contributed by atoms with Crippen LogP contribution in [0.25, 0.3) is 11.0 Å². The molecular formula is C24H18BrF6N3O2. The van der Waals surface area contributed by atoms with Gasteiger partial charge in [-0.3, -0.25) is 0 Å². The van der Waals surface area contributed by atoms with Gasteiger partial charge in [0.1, 0.15) is 5.75 Å². The van der Waals surface area contributed by atoms with Crippen molar-refractivity contribution in [2.24, 2.45) is 12.0 Å². The second-order valence-corrected chi connectivity index (χ2v) is 8.75. The van der Waals surface area contributed by atoms with E-state index in [1.54, 1.807) is 40.4 Å². The third kappa shape index (κ3) is 5.59. The number of ether oxygens (including phenoxy) is 1. The number of fused-ring (bicyclic) bond motifs is 1. The molecule has 0 unspecified atom stereocenters. The van der Waals surface area contributed by atoms with E-state index >= 15 is 0 Å². The Labute approximate surface area is 209 Å². The number of imidazole rings is 1. The predicted octanol–water partition coefficient (Wildman–Crippen LogP) is 6.43. The van der Waals surface area contributed by atoms with Gasteiger partial charge in [0, 0.05) is 11.5 Å². The molecule has 0 saturated heterocycles. The number of aromatic nitrogens is 2. The van der Waals surface area contributed by atoms with E-state index < -0.39 is 23.9 Å². The van der Waals surface area contributed by atoms with Crippen LogP contribution in [0.15, 0.2) is 70.1 Å². The first-order valence-electron chi connectivity index (χ1n) is 10.4. The van der Waals surface area contributed by atoms with E-state index in [4.69, 9.17) is 0 Å². The highest BCUT2D eigenvalue weighted by atomic mass is 79.9. The molecule has 5 nitrogen and oxygen atoms in total. The average molecular weight is 574 g/mol. The Hall–Kier alpha value is -3.25. The number of alkyl halides is 6. The number of halogens is 7. The normalized spacial score (nSPS) is 13.0. The molecule has 0 atom stereocenters. The van der Waals surface area contributed by atoms with Crippen LogP contribution >= 0.6 is 15.9 Å². The number of aliphatic hydroxyl groups is 1. The zero-order valence-electron chi connectivity index (χ0n) is 18.5. The van der Waals surface area contributed by atoms with Crippen molar-refractivity contribution in [3.8, 4) is 5.75 Å². The molecule has 0 bridgehead atoms. The number of rotatable bonds is 5. The van der Waals surface area contributed by atoms with Gasteiger partial charge in [0.25, 0.3) is 0 Å². The summed E-state index contributed by atoms with van der Waals surface area (Å²) < 4.78 is 85.4. The summed E-state index contributed by atoms with van der Waals surface area (Å²) >= 11 is 3.24. The SMILES string of the molecule is Cn1/c(=N/c2ccc(OC(F)(F)F)cc2)n(Cc2ccc(CO)cc2)c2cc(C(F)(F)F)cc(Br)c21. The predicted molar refractivity (Wildman–Crippen MR) is 123 cm³/mol. The van der Waals surface area contributed by atoms with Crippen LogP contribution in [0.4, 0.5) is 32.0 Å². The fourth-order valence-corrected chi connectivity index (χ4v) is 4.45. The molecule has 0 radical (unpaired) electrons. The van der Waals surface area contributed by atoms with Crippen LogP contribution in [0.1, 0.15) is 16.7 Å². The Balaban J connectivity index is 1.91. The fourth-order valence-electron chi connectivity index (χ4n) is 3.74. The number of benzene rings is 3. The number of hydrogen-bond acceptors (Lipinski definition) is 3. The van der Waals surface area contributed by atoms with E-state index in [0.29, 0.717) is 11.1 Å². The van der Waals surface area contributed by atoms with Crippen molar-refractivity contribution in [3.63, 3.8) is 0 Å². The quantitative estimate of drug-likeness (QED) is 0.280. The molecule has 1 aromatic heterocycles. The van der Waals surface area contributed by atoms with Gasteiger partial charge >= 0.3 is 12.5 Å². The molecule has 0 amide bonds. The molecule has 0 spiro atoms. The van der Waals surface area contributed by atoms with Crippen molar-refractivity contribution in [1.82, 2.24) is 9.13 Å². The summed E-state index contributed by atoms with van der Waals surface area (Å²) in [5.74, 6) is -0.423. The molecule has 0 saturated carbocycles. The Bertz CT molecular complexity index is 1450. The Kier molecular flexibility index (Phi) is 6.93. The van der Waals surface area contributed by atoms with Crippen molar-refractivity contribution in [3.05, 3.63) is 87.4 Å². The average Bonchev–Trinajstić information content (AvgIpc) is 3.05. The fraction of sp³-hybridized carbons (Fsp3) is 0.208. The third-order valence-electron chi connectivity index (χ3n) is 5.38. The summed E-state index contributed by atoms with van der Waals surface area (Å²) in [6.07, 6.45) is -9.43. The summed E-state index contributed by atoms with van der Waals surface area (Å²) in [6, 6.07) is 13.7. The first-order chi connectivity index (χ1) is 16.9. The topological polar surface area (TPSA) is 51.7 Å². The van der Waals surface area contributed by atoms with Crippen LogP contribution < -0.4 is 10.4 Å². The molecule has 1 heterocycles. The van der Waals surface area contributed by atoms with Gasteiger partial charge in [-0.15, -0.1) is 13.2 Å². The lowest BCUT2D eigenvalue weighted by atomic mass is 10.1. The van der Waals surface area contributed by atoms with Crippen LogP contribution in [0.2, 0.25) is 0 Å². The van der Waals surface area contributed by atoms with Gasteiger partial charge in [-0.05, 0) is 63.5 Å². The maximum Gasteiger partial charge on any atom is 0.573 e. The Morgan fingerprint density at radius 3 is 2.08 bits per heavy atom. The molecule has 0 aliphatic carbocycles. The highest BCUT2D eigenvalue weighted by molar-refractivity contribution is 9.10. The number of aryl methyl sites for hydroxylation is 1. The standard InChI is InChI=1S/C24H18BrF6N3O2/c1-33-21-19(25)10-16(23(26,27)28)11-20(21)34(12-14-2-4-15(13-35)5-3-14)22(33)32-17-6-8-18(9-7-17)36-24(29,30)31/h2-11,35H,12-13H2,1H3/b32-22-. The minimum Gasteiger partial charge on any atom is -0.406 e. The van der Waals surface area contributed by atoms with E-state index in [2.05, 4.69) is 25.7 Å². The molecular weight excluding hydrogens is 556 g/mol. The lowest BCUT2D eigenvalue weighted by Crippen LogP contribution is -2.24. The van der Waals surface area contributed by atoms with Gasteiger partial charge in [-0.25, -0.2) is 4.99 Å². The highest BCUT2D eigenvalue weighted by Crippen LogP contribution is 2.35. The van der Waals surface area contributed by atoms with Crippen molar-refractivity contribution in [2.45, 2.75) is 25.7 Å². The van der Waals surface area contributed by atoms with Crippen molar-refractivity contribution < 1.29 is 36.2 Å². The molecule has 190 valence electrons. The molecule has 36 heavy (non-hydrogen) atoms. The maximum atomic E-state index is 13.6. The first-order valence-corrected chi connectivity index (χ1v) is 11.2. The summed E-state index contributed by atoms with van der Waals surface area (Å²) in [6.45, 7) is -0.0108. The summed E-state index contributed by atoms with van der Waals surface area (Å²) in [5, 5.41) is 9.28. The zero-order valence-corrected chi connectivity index (χ0v) is 20.1. The summed E-state index contributed by atoms with van der Waals surface area (Å²) in [4.78, 5) is 4.53. The van der Waals surface area contributed by atoms with Gasteiger partial charge in [0.15, 0.2) is 0 Å².